The summed E-state index contributed by atoms with van der Waals surface area (Å²) >= 11 is 0. The largest absolute Gasteiger partial charge is 0.465 e. The number of aromatic nitrogens is 2. The number of hydrogen-bond donors (Lipinski definition) is 0. The molecule has 0 aliphatic heterocycles. The van der Waals surface area contributed by atoms with Gasteiger partial charge < -0.3 is 4.74 Å². The number of methoxy groups -OCH3 is 1. The summed E-state index contributed by atoms with van der Waals surface area (Å²) in [5, 5.41) is 11.1. The molecule has 0 N–H and O–H groups in total. The number of nitro benzene ring substituents is 1. The van der Waals surface area contributed by atoms with Crippen LogP contribution in [0.5, 0.6) is 0 Å². The minimum absolute atomic E-state index is 0.115. The first-order valence-electron chi connectivity index (χ1n) is 7.30. The lowest BCUT2D eigenvalue weighted by Crippen LogP contribution is -2.21. The first-order valence-corrected chi connectivity index (χ1v) is 7.30. The number of benzene rings is 2. The molecule has 126 valence electrons. The number of fused-ring (bicyclic) bond motifs is 1. The Balaban J connectivity index is 1.93. The Morgan fingerprint density at radius 2 is 1.96 bits per heavy atom. The number of carbonyl (C=O) groups excluding carboxylic acids is 1. The van der Waals surface area contributed by atoms with Crippen molar-refractivity contribution in [3.63, 3.8) is 0 Å². The Hall–Kier alpha value is -3.55. The fourth-order valence-corrected chi connectivity index (χ4v) is 2.43. The van der Waals surface area contributed by atoms with E-state index in [-0.39, 0.29) is 23.3 Å². The van der Waals surface area contributed by atoms with E-state index in [9.17, 15) is 19.7 Å². The number of non-ortho nitro benzene ring substituents is 1. The molecule has 3 rings (SSSR count). The highest BCUT2D eigenvalue weighted by molar-refractivity contribution is 5.89. The second kappa shape index (κ2) is 6.52. The molecule has 0 saturated heterocycles. The minimum Gasteiger partial charge on any atom is -0.465 e. The van der Waals surface area contributed by atoms with Crippen LogP contribution in [0.25, 0.3) is 10.9 Å². The van der Waals surface area contributed by atoms with Crippen molar-refractivity contribution in [3.8, 4) is 0 Å². The number of nitrogens with zero attached hydrogens (tertiary/aromatic N) is 3. The molecule has 0 spiro atoms. The molecular weight excluding hydrogens is 326 g/mol. The van der Waals surface area contributed by atoms with E-state index in [2.05, 4.69) is 9.72 Å². The van der Waals surface area contributed by atoms with Crippen molar-refractivity contribution in [3.05, 3.63) is 80.4 Å². The number of rotatable bonds is 4. The molecule has 0 saturated carbocycles. The van der Waals surface area contributed by atoms with Crippen molar-refractivity contribution in [2.75, 3.05) is 7.11 Å². The molecule has 0 fully saturated rings. The van der Waals surface area contributed by atoms with Crippen molar-refractivity contribution in [1.29, 1.82) is 0 Å². The van der Waals surface area contributed by atoms with Crippen LogP contribution in [0.4, 0.5) is 5.69 Å². The number of esters is 1. The zero-order valence-electron chi connectivity index (χ0n) is 13.2. The average molecular weight is 339 g/mol. The smallest absolute Gasteiger partial charge is 0.337 e. The van der Waals surface area contributed by atoms with Gasteiger partial charge in [0, 0.05) is 12.1 Å². The van der Waals surface area contributed by atoms with Gasteiger partial charge in [-0.3, -0.25) is 19.5 Å². The first-order chi connectivity index (χ1) is 12.0. The highest BCUT2D eigenvalue weighted by Crippen LogP contribution is 2.16. The topological polar surface area (TPSA) is 104 Å². The van der Waals surface area contributed by atoms with Gasteiger partial charge >= 0.3 is 5.97 Å². The lowest BCUT2D eigenvalue weighted by atomic mass is 10.1. The fraction of sp³-hybridized carbons (Fsp3) is 0.118. The Morgan fingerprint density at radius 1 is 1.24 bits per heavy atom. The van der Waals surface area contributed by atoms with Gasteiger partial charge in [0.2, 0.25) is 0 Å². The molecule has 0 bridgehead atoms. The molecule has 0 aliphatic carbocycles. The molecule has 0 amide bonds. The molecule has 1 aromatic heterocycles. The first kappa shape index (κ1) is 16.3. The van der Waals surface area contributed by atoms with E-state index in [0.29, 0.717) is 10.9 Å². The van der Waals surface area contributed by atoms with Gasteiger partial charge in [-0.15, -0.1) is 0 Å². The zero-order chi connectivity index (χ0) is 18.0. The van der Waals surface area contributed by atoms with E-state index in [0.717, 1.165) is 5.56 Å². The monoisotopic (exact) mass is 339 g/mol. The standard InChI is InChI=1S/C17H13N3O5/c1-25-17(22)12-4-2-11(3-5-12)9-19-10-18-15-8-13(20(23)24)6-7-14(15)16(19)21/h2-8,10H,9H2,1H3. The maximum atomic E-state index is 12.5. The van der Waals surface area contributed by atoms with Gasteiger partial charge in [0.25, 0.3) is 11.2 Å². The molecule has 8 heteroatoms. The van der Waals surface area contributed by atoms with E-state index >= 15 is 0 Å². The van der Waals surface area contributed by atoms with Crippen LogP contribution < -0.4 is 5.56 Å². The minimum atomic E-state index is -0.532. The lowest BCUT2D eigenvalue weighted by molar-refractivity contribution is -0.384. The van der Waals surface area contributed by atoms with E-state index in [1.54, 1.807) is 24.3 Å². The van der Waals surface area contributed by atoms with Gasteiger partial charge in [0.05, 0.1) is 41.4 Å². The Morgan fingerprint density at radius 3 is 2.60 bits per heavy atom. The van der Waals surface area contributed by atoms with Gasteiger partial charge in [-0.1, -0.05) is 12.1 Å². The van der Waals surface area contributed by atoms with Crippen LogP contribution >= 0.6 is 0 Å². The van der Waals surface area contributed by atoms with Crippen molar-refractivity contribution in [1.82, 2.24) is 9.55 Å². The molecule has 2 aromatic carbocycles. The third kappa shape index (κ3) is 3.23. The Bertz CT molecular complexity index is 1020. The van der Waals surface area contributed by atoms with Crippen LogP contribution in [0.2, 0.25) is 0 Å². The van der Waals surface area contributed by atoms with Crippen molar-refractivity contribution < 1.29 is 14.5 Å². The molecule has 25 heavy (non-hydrogen) atoms. The maximum absolute atomic E-state index is 12.5. The number of nitro groups is 1. The normalized spacial score (nSPS) is 10.6. The maximum Gasteiger partial charge on any atom is 0.337 e. The lowest BCUT2D eigenvalue weighted by Gasteiger charge is -2.07. The number of carbonyl (C=O) groups is 1. The second-order valence-electron chi connectivity index (χ2n) is 5.32. The quantitative estimate of drug-likeness (QED) is 0.410. The number of ether oxygens (including phenoxy) is 1. The highest BCUT2D eigenvalue weighted by atomic mass is 16.6. The van der Waals surface area contributed by atoms with Crippen LogP contribution in [-0.2, 0) is 11.3 Å². The van der Waals surface area contributed by atoms with Crippen LogP contribution in [0.3, 0.4) is 0 Å². The second-order valence-corrected chi connectivity index (χ2v) is 5.32. The van der Waals surface area contributed by atoms with Gasteiger partial charge in [-0.2, -0.15) is 0 Å². The third-order valence-electron chi connectivity index (χ3n) is 3.75. The van der Waals surface area contributed by atoms with Crippen molar-refractivity contribution in [2.45, 2.75) is 6.54 Å². The molecular formula is C17H13N3O5. The average Bonchev–Trinajstić information content (AvgIpc) is 2.63. The molecule has 8 nitrogen and oxygen atoms in total. The van der Waals surface area contributed by atoms with Crippen molar-refractivity contribution >= 4 is 22.6 Å². The predicted molar refractivity (Wildman–Crippen MR) is 89.5 cm³/mol. The SMILES string of the molecule is COC(=O)c1ccc(Cn2cnc3cc([N+](=O)[O-])ccc3c2=O)cc1. The van der Waals surface area contributed by atoms with E-state index in [1.165, 1.54) is 36.2 Å². The van der Waals surface area contributed by atoms with Gasteiger partial charge in [-0.05, 0) is 23.8 Å². The summed E-state index contributed by atoms with van der Waals surface area (Å²) in [4.78, 5) is 38.3. The van der Waals surface area contributed by atoms with Gasteiger partial charge in [0.15, 0.2) is 0 Å². The van der Waals surface area contributed by atoms with Gasteiger partial charge in [-0.25, -0.2) is 9.78 Å². The number of hydrogen-bond acceptors (Lipinski definition) is 6. The summed E-state index contributed by atoms with van der Waals surface area (Å²) in [6.45, 7) is 0.264. The summed E-state index contributed by atoms with van der Waals surface area (Å²) in [5.41, 5.74) is 1.09. The summed E-state index contributed by atoms with van der Waals surface area (Å²) in [5.74, 6) is -0.433. The Labute approximate surface area is 141 Å². The molecule has 0 radical (unpaired) electrons. The molecule has 0 atom stereocenters. The zero-order valence-corrected chi connectivity index (χ0v) is 13.2. The van der Waals surface area contributed by atoms with Crippen LogP contribution in [0.1, 0.15) is 15.9 Å². The van der Waals surface area contributed by atoms with E-state index < -0.39 is 10.9 Å². The van der Waals surface area contributed by atoms with Crippen LogP contribution in [0, 0.1) is 10.1 Å². The molecule has 3 aromatic rings. The Kier molecular flexibility index (Phi) is 4.25. The summed E-state index contributed by atoms with van der Waals surface area (Å²) in [6, 6.07) is 10.6. The predicted octanol–water partition coefficient (Wildman–Crippen LogP) is 2.14. The van der Waals surface area contributed by atoms with Crippen molar-refractivity contribution in [2.24, 2.45) is 0 Å². The molecule has 0 unspecified atom stereocenters. The van der Waals surface area contributed by atoms with E-state index in [4.69, 9.17) is 0 Å². The van der Waals surface area contributed by atoms with E-state index in [1.807, 2.05) is 0 Å². The molecule has 1 heterocycles. The summed E-state index contributed by atoms with van der Waals surface area (Å²) in [7, 11) is 1.31. The van der Waals surface area contributed by atoms with Crippen LogP contribution in [-0.4, -0.2) is 27.6 Å². The van der Waals surface area contributed by atoms with Crippen LogP contribution in [0.15, 0.2) is 53.6 Å². The summed E-state index contributed by atoms with van der Waals surface area (Å²) in [6.07, 6.45) is 1.35. The molecule has 0 aliphatic rings. The highest BCUT2D eigenvalue weighted by Gasteiger charge is 2.11. The fourth-order valence-electron chi connectivity index (χ4n) is 2.43. The third-order valence-corrected chi connectivity index (χ3v) is 3.75. The van der Waals surface area contributed by atoms with Gasteiger partial charge in [0.1, 0.15) is 0 Å². The summed E-state index contributed by atoms with van der Waals surface area (Å²) < 4.78 is 6.04.